The van der Waals surface area contributed by atoms with Crippen molar-refractivity contribution < 1.29 is 21.8 Å². The van der Waals surface area contributed by atoms with Gasteiger partial charge in [0.1, 0.15) is 0 Å². The molecule has 0 N–H and O–H groups in total. The summed E-state index contributed by atoms with van der Waals surface area (Å²) in [6.45, 7) is 0. The van der Waals surface area contributed by atoms with E-state index in [0.29, 0.717) is 0 Å². The van der Waals surface area contributed by atoms with Crippen LogP contribution in [0.25, 0.3) is 0 Å². The second kappa shape index (κ2) is 52.7. The number of rotatable bonds is 0. The van der Waals surface area contributed by atoms with Crippen LogP contribution in [-0.4, -0.2) is 78.2 Å². The van der Waals surface area contributed by atoms with E-state index in [1.165, 1.54) is 0 Å². The van der Waals surface area contributed by atoms with Gasteiger partial charge in [0.05, 0.1) is 0 Å². The first kappa shape index (κ1) is 72.0. The summed E-state index contributed by atoms with van der Waals surface area (Å²) in [6, 6.07) is 0. The van der Waals surface area contributed by atoms with Crippen LogP contribution in [0.4, 0.5) is 4.70 Å². The summed E-state index contributed by atoms with van der Waals surface area (Å²) in [7, 11) is 0. The number of hydrogen-bond acceptors (Lipinski definition) is 0. The third-order valence-electron chi connectivity index (χ3n) is 0. The summed E-state index contributed by atoms with van der Waals surface area (Å²) >= 11 is 0. The SMILES string of the molecule is P.S.[AlH3].[CaH2].[F].[Fe].[MgH2]. The van der Waals surface area contributed by atoms with Crippen LogP contribution in [-0.2, 0) is 17.1 Å². The molecule has 0 amide bonds. The van der Waals surface area contributed by atoms with Crippen molar-refractivity contribution in [2.24, 2.45) is 0 Å². The Morgan fingerprint density at radius 2 is 1.00 bits per heavy atom. The van der Waals surface area contributed by atoms with E-state index in [0.717, 1.165) is 0 Å². The normalized spacial score (nSPS) is 0. The fourth-order valence-corrected chi connectivity index (χ4v) is 0. The molecule has 0 fully saturated rings. The standard InChI is InChI=1S/Al.Ca.F.Fe.Mg.H3P.H2S.7H/h;;;;;1H3;1H2;;;;;;;. The molecule has 0 spiro atoms. The fraction of sp³-hybridized carbons (Fsp3) is 0. The van der Waals surface area contributed by atoms with Gasteiger partial charge in [-0.3, -0.25) is 0 Å². The largest absolute Gasteiger partial charge is 0.316 e. The monoisotopic (exact) mass is 241 g/mol. The van der Waals surface area contributed by atoms with Crippen molar-refractivity contribution >= 4 is 102 Å². The molecular weight excluding hydrogens is 229 g/mol. The van der Waals surface area contributed by atoms with Gasteiger partial charge in [-0.15, -0.1) is 0 Å². The van der Waals surface area contributed by atoms with E-state index in [1.54, 1.807) is 0 Å². The molecule has 0 saturated carbocycles. The number of halogens is 1. The maximum Gasteiger partial charge on any atom is 0.316 e. The van der Waals surface area contributed by atoms with Crippen LogP contribution >= 0.6 is 23.4 Å². The van der Waals surface area contributed by atoms with E-state index in [2.05, 4.69) is 0 Å². The zero-order chi connectivity index (χ0) is 0. The van der Waals surface area contributed by atoms with Gasteiger partial charge in [-0.05, 0) is 0 Å². The summed E-state index contributed by atoms with van der Waals surface area (Å²) in [4.78, 5) is 0. The molecule has 7 heteroatoms. The Hall–Kier alpha value is 3.79. The molecule has 0 aromatic heterocycles. The smallest absolute Gasteiger partial charge is 0 e. The first-order chi connectivity index (χ1) is 0. The molecule has 0 aromatic carbocycles. The second-order valence-corrected chi connectivity index (χ2v) is 0. The minimum absolute atomic E-state index is 0. The van der Waals surface area contributed by atoms with Gasteiger partial charge in [-0.2, -0.15) is 23.4 Å². The van der Waals surface area contributed by atoms with Crippen LogP contribution in [0.1, 0.15) is 0 Å². The van der Waals surface area contributed by atoms with Gasteiger partial charge in [0, 0.05) is 21.8 Å². The first-order valence-corrected chi connectivity index (χ1v) is 0. The van der Waals surface area contributed by atoms with Crippen molar-refractivity contribution in [3.05, 3.63) is 0 Å². The Bertz CT molecular complexity index is 19.7. The molecule has 0 aliphatic rings. The van der Waals surface area contributed by atoms with Crippen molar-refractivity contribution in [3.8, 4) is 0 Å². The van der Waals surface area contributed by atoms with E-state index in [1.807, 2.05) is 0 Å². The van der Waals surface area contributed by atoms with Gasteiger partial charge in [-0.1, -0.05) is 0 Å². The topological polar surface area (TPSA) is 0 Å². The molecule has 0 aliphatic carbocycles. The summed E-state index contributed by atoms with van der Waals surface area (Å²) in [5.74, 6) is 0. The van der Waals surface area contributed by atoms with Gasteiger partial charge >= 0.3 is 60.8 Å². The molecule has 7 heavy (non-hydrogen) atoms. The summed E-state index contributed by atoms with van der Waals surface area (Å²) in [5, 5.41) is 0. The molecule has 0 heterocycles. The number of hydrogen-bond donors (Lipinski definition) is 0. The average Bonchev–Trinajstić information content (AvgIpc) is 0. The quantitative estimate of drug-likeness (QED) is 0.327. The molecule has 0 rings (SSSR count). The Balaban J connectivity index is 0. The van der Waals surface area contributed by atoms with E-state index >= 15 is 0 Å². The third-order valence-corrected chi connectivity index (χ3v) is 0. The van der Waals surface area contributed by atoms with E-state index in [-0.39, 0.29) is 123 Å². The van der Waals surface area contributed by atoms with Gasteiger partial charge in [-0.25, -0.2) is 0 Å². The molecule has 45 valence electrons. The Kier molecular flexibility index (Phi) is 542. The van der Waals surface area contributed by atoms with Crippen LogP contribution in [0.15, 0.2) is 0 Å². The summed E-state index contributed by atoms with van der Waals surface area (Å²) < 4.78 is 0. The zero-order valence-electron chi connectivity index (χ0n) is 1.94. The first-order valence-electron chi connectivity index (χ1n) is 0. The molecular formula is H12AlCaFFeMgPS. The van der Waals surface area contributed by atoms with Crippen LogP contribution in [0.5, 0.6) is 0 Å². The minimum atomic E-state index is 0. The van der Waals surface area contributed by atoms with Crippen LogP contribution in [0.3, 0.4) is 0 Å². The van der Waals surface area contributed by atoms with Gasteiger partial charge in [0.2, 0.25) is 0 Å². The Labute approximate surface area is 121 Å². The van der Waals surface area contributed by atoms with Gasteiger partial charge < -0.3 is 0 Å². The molecule has 0 aromatic rings. The van der Waals surface area contributed by atoms with Crippen molar-refractivity contribution in [1.82, 2.24) is 0 Å². The molecule has 1 atom stereocenters. The van der Waals surface area contributed by atoms with E-state index in [4.69, 9.17) is 0 Å². The van der Waals surface area contributed by atoms with Crippen molar-refractivity contribution in [2.75, 3.05) is 0 Å². The van der Waals surface area contributed by atoms with Crippen LogP contribution in [0.2, 0.25) is 0 Å². The average molecular weight is 241 g/mol. The van der Waals surface area contributed by atoms with Gasteiger partial charge in [0.15, 0.2) is 17.4 Å². The zero-order valence-corrected chi connectivity index (χ0v) is 5.46. The molecule has 1 radical (unpaired) electrons. The van der Waals surface area contributed by atoms with Crippen LogP contribution < -0.4 is 0 Å². The molecule has 0 saturated heterocycles. The molecule has 0 aliphatic heterocycles. The molecule has 1 unspecified atom stereocenters. The van der Waals surface area contributed by atoms with Crippen molar-refractivity contribution in [1.29, 1.82) is 0 Å². The molecule has 0 bridgehead atoms. The summed E-state index contributed by atoms with van der Waals surface area (Å²) in [5.41, 5.74) is 0. The molecule has 0 nitrogen and oxygen atoms in total. The predicted molar refractivity (Wildman–Crippen MR) is 49.6 cm³/mol. The third kappa shape index (κ3) is 41.4. The van der Waals surface area contributed by atoms with Crippen LogP contribution in [0, 0.1) is 0 Å². The predicted octanol–water partition coefficient (Wildman–Crippen LogP) is -2.43. The minimum Gasteiger partial charge on any atom is 0 e. The van der Waals surface area contributed by atoms with Crippen molar-refractivity contribution in [2.45, 2.75) is 0 Å². The fourth-order valence-electron chi connectivity index (χ4n) is 0. The van der Waals surface area contributed by atoms with E-state index in [9.17, 15) is 0 Å². The second-order valence-electron chi connectivity index (χ2n) is 0. The van der Waals surface area contributed by atoms with Crippen molar-refractivity contribution in [3.63, 3.8) is 0 Å². The maximum absolute atomic E-state index is 0. The van der Waals surface area contributed by atoms with E-state index < -0.39 is 0 Å². The summed E-state index contributed by atoms with van der Waals surface area (Å²) in [6.07, 6.45) is 0. The Morgan fingerprint density at radius 1 is 1.00 bits per heavy atom. The maximum atomic E-state index is 0. The van der Waals surface area contributed by atoms with Gasteiger partial charge in [0.25, 0.3) is 0 Å². The Morgan fingerprint density at radius 3 is 1.00 bits per heavy atom.